The van der Waals surface area contributed by atoms with E-state index in [1.54, 1.807) is 12.0 Å². The molecule has 0 bridgehead atoms. The van der Waals surface area contributed by atoms with Gasteiger partial charge in [-0.05, 0) is 17.7 Å². The van der Waals surface area contributed by atoms with Crippen LogP contribution in [0.3, 0.4) is 0 Å². The third kappa shape index (κ3) is 2.70. The number of likely N-dealkylation sites (tertiary alicyclic amines) is 1. The highest BCUT2D eigenvalue weighted by atomic mass is 16.5. The Bertz CT molecular complexity index is 500. The normalized spacial score (nSPS) is 22.3. The largest absolute Gasteiger partial charge is 0.497 e. The second-order valence-electron chi connectivity index (χ2n) is 4.75. The predicted molar refractivity (Wildman–Crippen MR) is 69.1 cm³/mol. The van der Waals surface area contributed by atoms with Gasteiger partial charge in [0.15, 0.2) is 0 Å². The van der Waals surface area contributed by atoms with E-state index < -0.39 is 11.9 Å². The van der Waals surface area contributed by atoms with E-state index in [4.69, 9.17) is 4.74 Å². The van der Waals surface area contributed by atoms with Gasteiger partial charge in [0.25, 0.3) is 0 Å². The smallest absolute Gasteiger partial charge is 0.308 e. The molecule has 1 aliphatic heterocycles. The lowest BCUT2D eigenvalue weighted by Gasteiger charge is -2.15. The summed E-state index contributed by atoms with van der Waals surface area (Å²) >= 11 is 0. The van der Waals surface area contributed by atoms with E-state index >= 15 is 0 Å². The zero-order valence-corrected chi connectivity index (χ0v) is 11.0. The number of ether oxygens (including phenoxy) is 1. The van der Waals surface area contributed by atoms with E-state index in [-0.39, 0.29) is 18.4 Å². The van der Waals surface area contributed by atoms with Crippen molar-refractivity contribution in [3.05, 3.63) is 29.8 Å². The van der Waals surface area contributed by atoms with Crippen LogP contribution in [-0.2, 0) is 9.59 Å². The number of hydrogen-bond acceptors (Lipinski definition) is 3. The summed E-state index contributed by atoms with van der Waals surface area (Å²) in [4.78, 5) is 24.3. The van der Waals surface area contributed by atoms with Gasteiger partial charge in [-0.15, -0.1) is 0 Å². The first kappa shape index (κ1) is 13.4. The molecule has 5 heteroatoms. The molecule has 0 spiro atoms. The van der Waals surface area contributed by atoms with Crippen LogP contribution in [0.25, 0.3) is 0 Å². The highest BCUT2D eigenvalue weighted by Crippen LogP contribution is 2.34. The lowest BCUT2D eigenvalue weighted by Crippen LogP contribution is -2.27. The number of carbonyl (C=O) groups excluding carboxylic acids is 1. The third-order valence-electron chi connectivity index (χ3n) is 3.60. The molecule has 0 unspecified atom stereocenters. The van der Waals surface area contributed by atoms with E-state index in [2.05, 4.69) is 0 Å². The van der Waals surface area contributed by atoms with Crippen molar-refractivity contribution in [2.75, 3.05) is 20.2 Å². The summed E-state index contributed by atoms with van der Waals surface area (Å²) < 4.78 is 5.16. The summed E-state index contributed by atoms with van der Waals surface area (Å²) in [5.41, 5.74) is 0.899. The van der Waals surface area contributed by atoms with Crippen molar-refractivity contribution >= 4 is 11.9 Å². The van der Waals surface area contributed by atoms with E-state index in [0.717, 1.165) is 5.56 Å². The van der Waals surface area contributed by atoms with Gasteiger partial charge >= 0.3 is 5.97 Å². The van der Waals surface area contributed by atoms with Gasteiger partial charge in [0, 0.05) is 25.9 Å². The fourth-order valence-corrected chi connectivity index (χ4v) is 2.52. The maximum absolute atomic E-state index is 11.4. The van der Waals surface area contributed by atoms with Crippen LogP contribution >= 0.6 is 0 Å². The van der Waals surface area contributed by atoms with Crippen molar-refractivity contribution in [2.24, 2.45) is 5.92 Å². The summed E-state index contributed by atoms with van der Waals surface area (Å²) in [6, 6.07) is 7.37. The molecule has 0 aromatic heterocycles. The second-order valence-corrected chi connectivity index (χ2v) is 4.75. The lowest BCUT2D eigenvalue weighted by atomic mass is 9.89. The fourth-order valence-electron chi connectivity index (χ4n) is 2.52. The van der Waals surface area contributed by atoms with Crippen molar-refractivity contribution in [1.82, 2.24) is 4.90 Å². The number of nitrogens with zero attached hydrogens (tertiary/aromatic N) is 1. The SMILES string of the molecule is COc1cccc([C@H]2CN(C(C)=O)C[C@@H]2C(=O)O)c1. The highest BCUT2D eigenvalue weighted by molar-refractivity contribution is 5.78. The van der Waals surface area contributed by atoms with Crippen molar-refractivity contribution in [2.45, 2.75) is 12.8 Å². The number of benzene rings is 1. The van der Waals surface area contributed by atoms with Crippen molar-refractivity contribution in [3.63, 3.8) is 0 Å². The average Bonchev–Trinajstić information content (AvgIpc) is 2.84. The van der Waals surface area contributed by atoms with Gasteiger partial charge in [-0.2, -0.15) is 0 Å². The summed E-state index contributed by atoms with van der Waals surface area (Å²) in [5.74, 6) is -0.997. The average molecular weight is 263 g/mol. The number of carboxylic acids is 1. The Morgan fingerprint density at radius 2 is 2.11 bits per heavy atom. The van der Waals surface area contributed by atoms with Crippen LogP contribution in [0.1, 0.15) is 18.4 Å². The first-order valence-electron chi connectivity index (χ1n) is 6.15. The molecule has 1 fully saturated rings. The van der Waals surface area contributed by atoms with E-state index in [1.165, 1.54) is 6.92 Å². The quantitative estimate of drug-likeness (QED) is 0.893. The molecule has 2 atom stereocenters. The van der Waals surface area contributed by atoms with Gasteiger partial charge in [-0.3, -0.25) is 9.59 Å². The van der Waals surface area contributed by atoms with E-state index in [9.17, 15) is 14.7 Å². The lowest BCUT2D eigenvalue weighted by molar-refractivity contribution is -0.141. The van der Waals surface area contributed by atoms with Crippen molar-refractivity contribution in [1.29, 1.82) is 0 Å². The highest BCUT2D eigenvalue weighted by Gasteiger charge is 2.39. The molecule has 102 valence electrons. The Labute approximate surface area is 111 Å². The first-order chi connectivity index (χ1) is 9.02. The predicted octanol–water partition coefficient (Wildman–Crippen LogP) is 1.34. The maximum Gasteiger partial charge on any atom is 0.308 e. The molecule has 5 nitrogen and oxygen atoms in total. The number of rotatable bonds is 3. The second kappa shape index (κ2) is 5.30. The molecule has 1 heterocycles. The number of aliphatic carboxylic acids is 1. The number of carboxylic acid groups (broad SMARTS) is 1. The summed E-state index contributed by atoms with van der Waals surface area (Å²) in [6.07, 6.45) is 0. The zero-order valence-electron chi connectivity index (χ0n) is 11.0. The summed E-state index contributed by atoms with van der Waals surface area (Å²) in [7, 11) is 1.57. The van der Waals surface area contributed by atoms with Crippen molar-refractivity contribution < 1.29 is 19.4 Å². The molecule has 19 heavy (non-hydrogen) atoms. The van der Waals surface area contributed by atoms with Crippen LogP contribution in [-0.4, -0.2) is 42.1 Å². The van der Waals surface area contributed by atoms with Crippen LogP contribution < -0.4 is 4.74 Å². The molecule has 1 aromatic carbocycles. The molecule has 1 N–H and O–H groups in total. The Kier molecular flexibility index (Phi) is 3.74. The minimum atomic E-state index is -0.864. The van der Waals surface area contributed by atoms with Gasteiger partial charge < -0.3 is 14.7 Å². The molecular formula is C14H17NO4. The van der Waals surface area contributed by atoms with Gasteiger partial charge in [0.05, 0.1) is 13.0 Å². The van der Waals surface area contributed by atoms with E-state index in [0.29, 0.717) is 12.3 Å². The fraction of sp³-hybridized carbons (Fsp3) is 0.429. The Balaban J connectivity index is 2.29. The zero-order chi connectivity index (χ0) is 14.0. The van der Waals surface area contributed by atoms with Gasteiger partial charge in [0.2, 0.25) is 5.91 Å². The molecule has 1 saturated heterocycles. The monoisotopic (exact) mass is 263 g/mol. The molecule has 0 aliphatic carbocycles. The molecule has 1 aliphatic rings. The first-order valence-corrected chi connectivity index (χ1v) is 6.15. The van der Waals surface area contributed by atoms with Crippen molar-refractivity contribution in [3.8, 4) is 5.75 Å². The Hall–Kier alpha value is -2.04. The molecule has 1 aromatic rings. The minimum absolute atomic E-state index is 0.0864. The van der Waals surface area contributed by atoms with Crippen LogP contribution in [0.5, 0.6) is 5.75 Å². The van der Waals surface area contributed by atoms with Crippen LogP contribution in [0, 0.1) is 5.92 Å². The van der Waals surface area contributed by atoms with Crippen LogP contribution in [0.15, 0.2) is 24.3 Å². The molecule has 0 radical (unpaired) electrons. The topological polar surface area (TPSA) is 66.8 Å². The van der Waals surface area contributed by atoms with Gasteiger partial charge in [-0.1, -0.05) is 12.1 Å². The van der Waals surface area contributed by atoms with E-state index in [1.807, 2.05) is 24.3 Å². The molecule has 0 saturated carbocycles. The number of carbonyl (C=O) groups is 2. The number of methoxy groups -OCH3 is 1. The minimum Gasteiger partial charge on any atom is -0.497 e. The van der Waals surface area contributed by atoms with Crippen LogP contribution in [0.2, 0.25) is 0 Å². The maximum atomic E-state index is 11.4. The third-order valence-corrected chi connectivity index (χ3v) is 3.60. The summed E-state index contributed by atoms with van der Waals surface area (Å²) in [6.45, 7) is 2.18. The Morgan fingerprint density at radius 1 is 1.37 bits per heavy atom. The standard InChI is InChI=1S/C14H17NO4/c1-9(16)15-7-12(13(8-15)14(17)18)10-4-3-5-11(6-10)19-2/h3-6,12-13H,7-8H2,1-2H3,(H,17,18)/t12-,13+/m1/s1. The Morgan fingerprint density at radius 3 is 2.68 bits per heavy atom. The van der Waals surface area contributed by atoms with Gasteiger partial charge in [0.1, 0.15) is 5.75 Å². The summed E-state index contributed by atoms with van der Waals surface area (Å²) in [5, 5.41) is 9.30. The van der Waals surface area contributed by atoms with Gasteiger partial charge in [-0.25, -0.2) is 0 Å². The number of hydrogen-bond donors (Lipinski definition) is 1. The molecule has 1 amide bonds. The number of amides is 1. The van der Waals surface area contributed by atoms with Crippen LogP contribution in [0.4, 0.5) is 0 Å². The molecular weight excluding hydrogens is 246 g/mol. The molecule has 2 rings (SSSR count).